The minimum atomic E-state index is 0.140. The molecule has 1 aromatic rings. The van der Waals surface area contributed by atoms with Crippen molar-refractivity contribution in [3.8, 4) is 0 Å². The zero-order chi connectivity index (χ0) is 12.7. The standard InChI is InChI=1S/C15H25NO/c1-5-12(3)14(16-4)15(17-6-2)13-10-8-7-9-11-13/h7-12,14-16H,5-6H2,1-4H3. The smallest absolute Gasteiger partial charge is 0.0980 e. The van der Waals surface area contributed by atoms with E-state index in [0.29, 0.717) is 12.0 Å². The quantitative estimate of drug-likeness (QED) is 0.782. The second kappa shape index (κ2) is 7.46. The Morgan fingerprint density at radius 1 is 1.18 bits per heavy atom. The first kappa shape index (κ1) is 14.2. The van der Waals surface area contributed by atoms with Gasteiger partial charge in [0.05, 0.1) is 6.10 Å². The number of nitrogens with one attached hydrogen (secondary N) is 1. The minimum absolute atomic E-state index is 0.140. The average molecular weight is 235 g/mol. The molecule has 2 heteroatoms. The van der Waals surface area contributed by atoms with Crippen molar-refractivity contribution in [3.05, 3.63) is 35.9 Å². The first-order chi connectivity index (χ1) is 8.24. The highest BCUT2D eigenvalue weighted by Crippen LogP contribution is 2.26. The molecule has 0 saturated carbocycles. The van der Waals surface area contributed by atoms with E-state index in [1.807, 2.05) is 13.1 Å². The summed E-state index contributed by atoms with van der Waals surface area (Å²) in [6, 6.07) is 10.8. The monoisotopic (exact) mass is 235 g/mol. The molecular weight excluding hydrogens is 210 g/mol. The van der Waals surface area contributed by atoms with Gasteiger partial charge in [-0.25, -0.2) is 0 Å². The van der Waals surface area contributed by atoms with Crippen LogP contribution in [0.5, 0.6) is 0 Å². The van der Waals surface area contributed by atoms with Crippen LogP contribution in [0.1, 0.15) is 38.9 Å². The van der Waals surface area contributed by atoms with Gasteiger partial charge < -0.3 is 10.1 Å². The maximum Gasteiger partial charge on any atom is 0.0980 e. The second-order valence-electron chi connectivity index (χ2n) is 4.49. The number of ether oxygens (including phenoxy) is 1. The molecule has 3 unspecified atom stereocenters. The zero-order valence-electron chi connectivity index (χ0n) is 11.4. The lowest BCUT2D eigenvalue weighted by Gasteiger charge is -2.31. The third-order valence-corrected chi connectivity index (χ3v) is 3.39. The van der Waals surface area contributed by atoms with Crippen LogP contribution in [0.4, 0.5) is 0 Å². The van der Waals surface area contributed by atoms with Crippen LogP contribution in [0.15, 0.2) is 30.3 Å². The number of hydrogen-bond acceptors (Lipinski definition) is 2. The van der Waals surface area contributed by atoms with Crippen LogP contribution >= 0.6 is 0 Å². The summed E-state index contributed by atoms with van der Waals surface area (Å²) in [6.45, 7) is 7.30. The normalized spacial score (nSPS) is 16.5. The van der Waals surface area contributed by atoms with Crippen molar-refractivity contribution >= 4 is 0 Å². The van der Waals surface area contributed by atoms with E-state index in [1.165, 1.54) is 5.56 Å². The Balaban J connectivity index is 2.90. The van der Waals surface area contributed by atoms with Gasteiger partial charge in [-0.2, -0.15) is 0 Å². The summed E-state index contributed by atoms with van der Waals surface area (Å²) in [5.74, 6) is 0.594. The lowest BCUT2D eigenvalue weighted by Crippen LogP contribution is -2.39. The van der Waals surface area contributed by atoms with Crippen LogP contribution in [0, 0.1) is 5.92 Å². The Morgan fingerprint density at radius 2 is 1.82 bits per heavy atom. The number of likely N-dealkylation sites (N-methyl/N-ethyl adjacent to an activating group) is 1. The fourth-order valence-electron chi connectivity index (χ4n) is 2.22. The summed E-state index contributed by atoms with van der Waals surface area (Å²) in [5.41, 5.74) is 1.26. The molecule has 1 N–H and O–H groups in total. The SMILES string of the molecule is CCOC(c1ccccc1)C(NC)C(C)CC. The van der Waals surface area contributed by atoms with E-state index < -0.39 is 0 Å². The van der Waals surface area contributed by atoms with E-state index in [4.69, 9.17) is 4.74 Å². The van der Waals surface area contributed by atoms with Crippen molar-refractivity contribution in [2.75, 3.05) is 13.7 Å². The van der Waals surface area contributed by atoms with Gasteiger partial charge in [0.25, 0.3) is 0 Å². The molecule has 0 spiro atoms. The molecule has 0 radical (unpaired) electrons. The fraction of sp³-hybridized carbons (Fsp3) is 0.600. The third kappa shape index (κ3) is 3.83. The lowest BCUT2D eigenvalue weighted by atomic mass is 9.90. The molecule has 0 heterocycles. The van der Waals surface area contributed by atoms with Crippen LogP contribution in [-0.4, -0.2) is 19.7 Å². The van der Waals surface area contributed by atoms with E-state index in [0.717, 1.165) is 13.0 Å². The molecule has 2 nitrogen and oxygen atoms in total. The molecule has 0 amide bonds. The Labute approximate surface area is 105 Å². The van der Waals surface area contributed by atoms with Crippen LogP contribution in [-0.2, 0) is 4.74 Å². The maximum absolute atomic E-state index is 5.94. The summed E-state index contributed by atoms with van der Waals surface area (Å²) in [5, 5.41) is 3.41. The van der Waals surface area contributed by atoms with E-state index in [-0.39, 0.29) is 6.10 Å². The topological polar surface area (TPSA) is 21.3 Å². The number of rotatable bonds is 7. The number of benzene rings is 1. The molecule has 3 atom stereocenters. The second-order valence-corrected chi connectivity index (χ2v) is 4.49. The first-order valence-corrected chi connectivity index (χ1v) is 6.58. The molecular formula is C15H25NO. The molecule has 96 valence electrons. The van der Waals surface area contributed by atoms with Gasteiger partial charge >= 0.3 is 0 Å². The van der Waals surface area contributed by atoms with E-state index >= 15 is 0 Å². The van der Waals surface area contributed by atoms with E-state index in [1.54, 1.807) is 0 Å². The van der Waals surface area contributed by atoms with Crippen molar-refractivity contribution < 1.29 is 4.74 Å². The summed E-state index contributed by atoms with van der Waals surface area (Å²) < 4.78 is 5.94. The summed E-state index contributed by atoms with van der Waals surface area (Å²) in [6.07, 6.45) is 1.29. The first-order valence-electron chi connectivity index (χ1n) is 6.58. The molecule has 17 heavy (non-hydrogen) atoms. The largest absolute Gasteiger partial charge is 0.372 e. The van der Waals surface area contributed by atoms with Gasteiger partial charge in [-0.15, -0.1) is 0 Å². The molecule has 0 bridgehead atoms. The van der Waals surface area contributed by atoms with Crippen molar-refractivity contribution in [1.29, 1.82) is 0 Å². The van der Waals surface area contributed by atoms with Crippen LogP contribution in [0.25, 0.3) is 0 Å². The van der Waals surface area contributed by atoms with Crippen LogP contribution < -0.4 is 5.32 Å². The molecule has 0 saturated heterocycles. The van der Waals surface area contributed by atoms with Gasteiger partial charge in [0.15, 0.2) is 0 Å². The van der Waals surface area contributed by atoms with E-state index in [2.05, 4.69) is 50.4 Å². The average Bonchev–Trinajstić information content (AvgIpc) is 2.39. The van der Waals surface area contributed by atoms with Gasteiger partial charge in [0.2, 0.25) is 0 Å². The lowest BCUT2D eigenvalue weighted by molar-refractivity contribution is 0.0199. The molecule has 0 aliphatic carbocycles. The summed E-state index contributed by atoms with van der Waals surface area (Å²) in [4.78, 5) is 0. The van der Waals surface area contributed by atoms with Crippen LogP contribution in [0.3, 0.4) is 0 Å². The Morgan fingerprint density at radius 3 is 2.29 bits per heavy atom. The summed E-state index contributed by atoms with van der Waals surface area (Å²) in [7, 11) is 2.02. The van der Waals surface area contributed by atoms with Gasteiger partial charge in [0, 0.05) is 12.6 Å². The van der Waals surface area contributed by atoms with Gasteiger partial charge in [-0.05, 0) is 25.5 Å². The minimum Gasteiger partial charge on any atom is -0.372 e. The number of hydrogen-bond donors (Lipinski definition) is 1. The predicted octanol–water partition coefficient (Wildman–Crippen LogP) is 3.40. The molecule has 0 aliphatic heterocycles. The van der Waals surface area contributed by atoms with Gasteiger partial charge in [0.1, 0.15) is 0 Å². The molecule has 0 fully saturated rings. The molecule has 1 aromatic carbocycles. The Kier molecular flexibility index (Phi) is 6.23. The zero-order valence-corrected chi connectivity index (χ0v) is 11.4. The van der Waals surface area contributed by atoms with E-state index in [9.17, 15) is 0 Å². The third-order valence-electron chi connectivity index (χ3n) is 3.39. The van der Waals surface area contributed by atoms with Gasteiger partial charge in [-0.1, -0.05) is 50.6 Å². The molecule has 1 rings (SSSR count). The Bertz CT molecular complexity index is 299. The highest BCUT2D eigenvalue weighted by molar-refractivity contribution is 5.19. The Hall–Kier alpha value is -0.860. The molecule has 0 aliphatic rings. The van der Waals surface area contributed by atoms with Crippen molar-refractivity contribution in [2.45, 2.75) is 39.3 Å². The predicted molar refractivity (Wildman–Crippen MR) is 73.1 cm³/mol. The van der Waals surface area contributed by atoms with Crippen LogP contribution in [0.2, 0.25) is 0 Å². The highest BCUT2D eigenvalue weighted by Gasteiger charge is 2.26. The fourth-order valence-corrected chi connectivity index (χ4v) is 2.22. The maximum atomic E-state index is 5.94. The molecule has 0 aromatic heterocycles. The van der Waals surface area contributed by atoms with Gasteiger partial charge in [-0.3, -0.25) is 0 Å². The van der Waals surface area contributed by atoms with Crippen molar-refractivity contribution in [1.82, 2.24) is 5.32 Å². The summed E-state index contributed by atoms with van der Waals surface area (Å²) >= 11 is 0. The highest BCUT2D eigenvalue weighted by atomic mass is 16.5. The van der Waals surface area contributed by atoms with Crippen molar-refractivity contribution in [3.63, 3.8) is 0 Å². The van der Waals surface area contributed by atoms with Crippen molar-refractivity contribution in [2.24, 2.45) is 5.92 Å².